The molecular formula is C13H21ClN2O3. The molecule has 0 bridgehead atoms. The Hall–Kier alpha value is -1.30. The molecule has 0 saturated heterocycles. The second-order valence-corrected chi connectivity index (χ2v) is 3.68. The summed E-state index contributed by atoms with van der Waals surface area (Å²) in [5.74, 6) is 0.726. The van der Waals surface area contributed by atoms with Crippen molar-refractivity contribution in [3.63, 3.8) is 0 Å². The lowest BCUT2D eigenvalue weighted by Crippen LogP contribution is -2.30. The number of hydrogen-bond acceptors (Lipinski definition) is 4. The van der Waals surface area contributed by atoms with Crippen LogP contribution in [0.4, 0.5) is 5.69 Å². The number of benzene rings is 1. The molecule has 0 radical (unpaired) electrons. The van der Waals surface area contributed by atoms with E-state index in [2.05, 4.69) is 10.6 Å². The fourth-order valence-electron chi connectivity index (χ4n) is 1.38. The number of amides is 1. The van der Waals surface area contributed by atoms with Crippen LogP contribution in [0.2, 0.25) is 0 Å². The number of halogens is 1. The molecule has 0 heterocycles. The van der Waals surface area contributed by atoms with E-state index in [1.165, 1.54) is 0 Å². The van der Waals surface area contributed by atoms with E-state index in [1.807, 2.05) is 31.2 Å². The van der Waals surface area contributed by atoms with Gasteiger partial charge in [-0.1, -0.05) is 0 Å². The molecule has 0 atom stereocenters. The summed E-state index contributed by atoms with van der Waals surface area (Å²) < 4.78 is 10.2. The van der Waals surface area contributed by atoms with Crippen LogP contribution in [0.15, 0.2) is 24.3 Å². The maximum atomic E-state index is 11.5. The van der Waals surface area contributed by atoms with Crippen molar-refractivity contribution in [2.75, 3.05) is 38.7 Å². The molecule has 1 aromatic rings. The van der Waals surface area contributed by atoms with Crippen LogP contribution in [-0.4, -0.2) is 39.3 Å². The van der Waals surface area contributed by atoms with Crippen molar-refractivity contribution in [2.24, 2.45) is 0 Å². The number of hydrogen-bond donors (Lipinski definition) is 2. The summed E-state index contributed by atoms with van der Waals surface area (Å²) >= 11 is 0. The van der Waals surface area contributed by atoms with Crippen LogP contribution in [0.5, 0.6) is 5.75 Å². The van der Waals surface area contributed by atoms with Gasteiger partial charge in [-0.3, -0.25) is 4.79 Å². The third-order valence-electron chi connectivity index (χ3n) is 2.22. The minimum atomic E-state index is -0.0738. The van der Waals surface area contributed by atoms with Gasteiger partial charge < -0.3 is 20.1 Å². The predicted molar refractivity (Wildman–Crippen MR) is 78.2 cm³/mol. The molecule has 108 valence electrons. The Morgan fingerprint density at radius 3 is 2.53 bits per heavy atom. The first kappa shape index (κ1) is 17.7. The molecule has 0 aliphatic rings. The summed E-state index contributed by atoms with van der Waals surface area (Å²) in [4.78, 5) is 11.5. The summed E-state index contributed by atoms with van der Waals surface area (Å²) in [5.41, 5.74) is 0.761. The number of rotatable bonds is 8. The smallest absolute Gasteiger partial charge is 0.238 e. The standard InChI is InChI=1S/C13H20N2O3.ClH/c1-3-18-12-6-4-11(5-7-12)15-13(16)10-14-8-9-17-2;/h4-7,14H,3,8-10H2,1-2H3,(H,15,16);1H. The Labute approximate surface area is 120 Å². The first-order chi connectivity index (χ1) is 8.76. The molecule has 19 heavy (non-hydrogen) atoms. The number of methoxy groups -OCH3 is 1. The predicted octanol–water partition coefficient (Wildman–Crippen LogP) is 1.68. The van der Waals surface area contributed by atoms with Gasteiger partial charge in [-0.2, -0.15) is 0 Å². The average molecular weight is 289 g/mol. The molecule has 2 N–H and O–H groups in total. The van der Waals surface area contributed by atoms with E-state index in [0.717, 1.165) is 11.4 Å². The zero-order valence-electron chi connectivity index (χ0n) is 11.3. The van der Waals surface area contributed by atoms with Gasteiger partial charge in [0.05, 0.1) is 19.8 Å². The Kier molecular flexibility index (Phi) is 9.88. The Morgan fingerprint density at radius 2 is 1.95 bits per heavy atom. The highest BCUT2D eigenvalue weighted by atomic mass is 35.5. The van der Waals surface area contributed by atoms with Crippen LogP contribution in [0.3, 0.4) is 0 Å². The Bertz CT molecular complexity index is 357. The minimum absolute atomic E-state index is 0. The van der Waals surface area contributed by atoms with Crippen molar-refractivity contribution in [3.8, 4) is 5.75 Å². The van der Waals surface area contributed by atoms with Crippen LogP contribution >= 0.6 is 12.4 Å². The molecular weight excluding hydrogens is 268 g/mol. The lowest BCUT2D eigenvalue weighted by atomic mass is 10.3. The van der Waals surface area contributed by atoms with E-state index < -0.39 is 0 Å². The summed E-state index contributed by atoms with van der Waals surface area (Å²) in [6.45, 7) is 4.09. The Morgan fingerprint density at radius 1 is 1.26 bits per heavy atom. The zero-order chi connectivity index (χ0) is 13.2. The quantitative estimate of drug-likeness (QED) is 0.715. The van der Waals surface area contributed by atoms with Gasteiger partial charge in [0, 0.05) is 19.3 Å². The molecule has 0 fully saturated rings. The van der Waals surface area contributed by atoms with Crippen molar-refractivity contribution in [1.29, 1.82) is 0 Å². The SMILES string of the molecule is CCOc1ccc(NC(=O)CNCCOC)cc1.Cl. The molecule has 0 unspecified atom stereocenters. The van der Waals surface area contributed by atoms with Crippen LogP contribution in [0.25, 0.3) is 0 Å². The number of anilines is 1. The van der Waals surface area contributed by atoms with Crippen molar-refractivity contribution in [3.05, 3.63) is 24.3 Å². The molecule has 6 heteroatoms. The van der Waals surface area contributed by atoms with E-state index in [4.69, 9.17) is 9.47 Å². The van der Waals surface area contributed by atoms with Crippen LogP contribution in [0, 0.1) is 0 Å². The van der Waals surface area contributed by atoms with Crippen LogP contribution < -0.4 is 15.4 Å². The normalized spacial score (nSPS) is 9.58. The average Bonchev–Trinajstić information content (AvgIpc) is 2.37. The maximum absolute atomic E-state index is 11.5. The molecule has 0 spiro atoms. The van der Waals surface area contributed by atoms with E-state index in [1.54, 1.807) is 7.11 Å². The monoisotopic (exact) mass is 288 g/mol. The summed E-state index contributed by atoms with van der Waals surface area (Å²) in [6.07, 6.45) is 0. The van der Waals surface area contributed by atoms with E-state index in [9.17, 15) is 4.79 Å². The second-order valence-electron chi connectivity index (χ2n) is 3.68. The summed E-state index contributed by atoms with van der Waals surface area (Å²) in [5, 5.41) is 5.77. The van der Waals surface area contributed by atoms with E-state index in [-0.39, 0.29) is 24.9 Å². The first-order valence-corrected chi connectivity index (χ1v) is 5.98. The highest BCUT2D eigenvalue weighted by Crippen LogP contribution is 2.15. The van der Waals surface area contributed by atoms with E-state index >= 15 is 0 Å². The van der Waals surface area contributed by atoms with Crippen LogP contribution in [0.1, 0.15) is 6.92 Å². The van der Waals surface area contributed by atoms with Gasteiger partial charge in [0.1, 0.15) is 5.75 Å². The third kappa shape index (κ3) is 7.66. The first-order valence-electron chi connectivity index (χ1n) is 5.98. The van der Waals surface area contributed by atoms with Gasteiger partial charge in [-0.05, 0) is 31.2 Å². The number of ether oxygens (including phenoxy) is 2. The molecule has 0 aromatic heterocycles. The van der Waals surface area contributed by atoms with Crippen molar-refractivity contribution >= 4 is 24.0 Å². The van der Waals surface area contributed by atoms with Gasteiger partial charge in [-0.15, -0.1) is 12.4 Å². The number of nitrogens with one attached hydrogen (secondary N) is 2. The fourth-order valence-corrected chi connectivity index (χ4v) is 1.38. The highest BCUT2D eigenvalue weighted by molar-refractivity contribution is 5.92. The minimum Gasteiger partial charge on any atom is -0.494 e. The third-order valence-corrected chi connectivity index (χ3v) is 2.22. The Balaban J connectivity index is 0.00000324. The van der Waals surface area contributed by atoms with Gasteiger partial charge in [-0.25, -0.2) is 0 Å². The number of carbonyl (C=O) groups excluding carboxylic acids is 1. The van der Waals surface area contributed by atoms with Gasteiger partial charge in [0.15, 0.2) is 0 Å². The van der Waals surface area contributed by atoms with Crippen molar-refractivity contribution in [1.82, 2.24) is 5.32 Å². The van der Waals surface area contributed by atoms with Gasteiger partial charge in [0.25, 0.3) is 0 Å². The molecule has 0 saturated carbocycles. The van der Waals surface area contributed by atoms with Crippen molar-refractivity contribution in [2.45, 2.75) is 6.92 Å². The summed E-state index contributed by atoms with van der Waals surface area (Å²) in [6, 6.07) is 7.30. The topological polar surface area (TPSA) is 59.6 Å². The fraction of sp³-hybridized carbons (Fsp3) is 0.462. The molecule has 0 aliphatic carbocycles. The molecule has 1 aromatic carbocycles. The molecule has 1 amide bonds. The molecule has 1 rings (SSSR count). The lowest BCUT2D eigenvalue weighted by molar-refractivity contribution is -0.115. The number of carbonyl (C=O) groups is 1. The van der Waals surface area contributed by atoms with Gasteiger partial charge >= 0.3 is 0 Å². The molecule has 0 aliphatic heterocycles. The van der Waals surface area contributed by atoms with Gasteiger partial charge in [0.2, 0.25) is 5.91 Å². The zero-order valence-corrected chi connectivity index (χ0v) is 12.1. The summed E-state index contributed by atoms with van der Waals surface area (Å²) in [7, 11) is 1.63. The van der Waals surface area contributed by atoms with Crippen LogP contribution in [-0.2, 0) is 9.53 Å². The molecule has 5 nitrogen and oxygen atoms in total. The lowest BCUT2D eigenvalue weighted by Gasteiger charge is -2.07. The highest BCUT2D eigenvalue weighted by Gasteiger charge is 2.01. The van der Waals surface area contributed by atoms with E-state index in [0.29, 0.717) is 19.8 Å². The largest absolute Gasteiger partial charge is 0.494 e. The van der Waals surface area contributed by atoms with Crippen molar-refractivity contribution < 1.29 is 14.3 Å². The second kappa shape index (κ2) is 10.6. The maximum Gasteiger partial charge on any atom is 0.238 e.